The standard InChI is InChI=1S/C22H18N4O2/c1-28-22(27)16-7-4-6-15(12-16)13-24-21-18-9-2-3-10-19(18)25-20(26-21)17-8-5-11-23-14-17/h2-12,14H,13H2,1H3,(H,24,25,26). The molecule has 2 heterocycles. The number of hydrogen-bond donors (Lipinski definition) is 1. The fraction of sp³-hybridized carbons (Fsp3) is 0.0909. The first-order valence-corrected chi connectivity index (χ1v) is 8.83. The van der Waals surface area contributed by atoms with Gasteiger partial charge in [0, 0.05) is 29.9 Å². The molecule has 0 aliphatic heterocycles. The summed E-state index contributed by atoms with van der Waals surface area (Å²) in [4.78, 5) is 25.3. The molecule has 0 aliphatic rings. The number of aromatic nitrogens is 3. The maximum absolute atomic E-state index is 11.7. The normalized spacial score (nSPS) is 10.6. The van der Waals surface area contributed by atoms with Gasteiger partial charge in [0.05, 0.1) is 18.2 Å². The lowest BCUT2D eigenvalue weighted by Gasteiger charge is -2.11. The van der Waals surface area contributed by atoms with Gasteiger partial charge in [0.2, 0.25) is 0 Å². The van der Waals surface area contributed by atoms with Crippen LogP contribution in [0.5, 0.6) is 0 Å². The third-order valence-electron chi connectivity index (χ3n) is 4.33. The van der Waals surface area contributed by atoms with Crippen LogP contribution in [0, 0.1) is 0 Å². The Balaban J connectivity index is 1.67. The van der Waals surface area contributed by atoms with E-state index in [2.05, 4.69) is 15.3 Å². The molecule has 6 nitrogen and oxygen atoms in total. The predicted octanol–water partition coefficient (Wildman–Crippen LogP) is 4.09. The van der Waals surface area contributed by atoms with Gasteiger partial charge in [-0.15, -0.1) is 0 Å². The van der Waals surface area contributed by atoms with Crippen LogP contribution in [-0.4, -0.2) is 28.0 Å². The summed E-state index contributed by atoms with van der Waals surface area (Å²) in [5, 5.41) is 4.30. The van der Waals surface area contributed by atoms with E-state index in [0.717, 1.165) is 27.8 Å². The highest BCUT2D eigenvalue weighted by Gasteiger charge is 2.10. The van der Waals surface area contributed by atoms with Crippen molar-refractivity contribution >= 4 is 22.7 Å². The molecule has 0 radical (unpaired) electrons. The van der Waals surface area contributed by atoms with E-state index in [0.29, 0.717) is 17.9 Å². The molecule has 2 aromatic heterocycles. The number of ether oxygens (including phenoxy) is 1. The van der Waals surface area contributed by atoms with E-state index in [-0.39, 0.29) is 5.97 Å². The zero-order valence-corrected chi connectivity index (χ0v) is 15.3. The Kier molecular flexibility index (Phi) is 4.93. The lowest BCUT2D eigenvalue weighted by Crippen LogP contribution is -2.06. The number of rotatable bonds is 5. The van der Waals surface area contributed by atoms with Crippen LogP contribution in [-0.2, 0) is 11.3 Å². The van der Waals surface area contributed by atoms with Crippen molar-refractivity contribution in [1.29, 1.82) is 0 Å². The zero-order chi connectivity index (χ0) is 19.3. The van der Waals surface area contributed by atoms with Crippen LogP contribution in [0.4, 0.5) is 5.82 Å². The molecule has 6 heteroatoms. The molecular formula is C22H18N4O2. The largest absolute Gasteiger partial charge is 0.465 e. The highest BCUT2D eigenvalue weighted by Crippen LogP contribution is 2.25. The topological polar surface area (TPSA) is 77.0 Å². The van der Waals surface area contributed by atoms with Crippen LogP contribution in [0.15, 0.2) is 73.1 Å². The molecule has 0 saturated carbocycles. The van der Waals surface area contributed by atoms with Gasteiger partial charge in [-0.3, -0.25) is 4.98 Å². The molecule has 0 atom stereocenters. The molecule has 4 aromatic rings. The van der Waals surface area contributed by atoms with Crippen molar-refractivity contribution < 1.29 is 9.53 Å². The molecule has 0 fully saturated rings. The van der Waals surface area contributed by atoms with Crippen molar-refractivity contribution in [3.05, 3.63) is 84.2 Å². The van der Waals surface area contributed by atoms with Crippen molar-refractivity contribution in [2.75, 3.05) is 12.4 Å². The van der Waals surface area contributed by atoms with Gasteiger partial charge in [-0.2, -0.15) is 0 Å². The number of anilines is 1. The van der Waals surface area contributed by atoms with E-state index in [1.54, 1.807) is 18.5 Å². The van der Waals surface area contributed by atoms with Gasteiger partial charge in [0.25, 0.3) is 0 Å². The van der Waals surface area contributed by atoms with Crippen LogP contribution in [0.1, 0.15) is 15.9 Å². The van der Waals surface area contributed by atoms with Gasteiger partial charge >= 0.3 is 5.97 Å². The maximum Gasteiger partial charge on any atom is 0.337 e. The van der Waals surface area contributed by atoms with E-state index in [4.69, 9.17) is 9.72 Å². The fourth-order valence-electron chi connectivity index (χ4n) is 2.95. The number of para-hydroxylation sites is 1. The Morgan fingerprint density at radius 1 is 1.04 bits per heavy atom. The highest BCUT2D eigenvalue weighted by atomic mass is 16.5. The van der Waals surface area contributed by atoms with E-state index >= 15 is 0 Å². The summed E-state index contributed by atoms with van der Waals surface area (Å²) in [5.41, 5.74) is 3.17. The number of benzene rings is 2. The number of esters is 1. The van der Waals surface area contributed by atoms with E-state index in [1.807, 2.05) is 54.6 Å². The number of carbonyl (C=O) groups excluding carboxylic acids is 1. The van der Waals surface area contributed by atoms with Crippen LogP contribution >= 0.6 is 0 Å². The second kappa shape index (κ2) is 7.84. The summed E-state index contributed by atoms with van der Waals surface area (Å²) in [6.45, 7) is 0.512. The Labute approximate surface area is 162 Å². The van der Waals surface area contributed by atoms with Gasteiger partial charge in [-0.1, -0.05) is 24.3 Å². The quantitative estimate of drug-likeness (QED) is 0.533. The maximum atomic E-state index is 11.7. The van der Waals surface area contributed by atoms with E-state index < -0.39 is 0 Å². The minimum absolute atomic E-state index is 0.354. The first-order valence-electron chi connectivity index (χ1n) is 8.83. The Bertz CT molecular complexity index is 1130. The number of pyridine rings is 1. The molecule has 4 rings (SSSR count). The van der Waals surface area contributed by atoms with Crippen LogP contribution in [0.2, 0.25) is 0 Å². The third kappa shape index (κ3) is 3.66. The molecule has 28 heavy (non-hydrogen) atoms. The number of nitrogens with one attached hydrogen (secondary N) is 1. The molecule has 0 amide bonds. The average Bonchev–Trinajstić information content (AvgIpc) is 2.77. The van der Waals surface area contributed by atoms with Crippen molar-refractivity contribution in [2.45, 2.75) is 6.54 Å². The van der Waals surface area contributed by atoms with Gasteiger partial charge in [-0.05, 0) is 42.0 Å². The number of methoxy groups -OCH3 is 1. The zero-order valence-electron chi connectivity index (χ0n) is 15.3. The smallest absolute Gasteiger partial charge is 0.337 e. The molecule has 138 valence electrons. The molecule has 0 saturated heterocycles. The second-order valence-corrected chi connectivity index (χ2v) is 6.20. The molecular weight excluding hydrogens is 352 g/mol. The Morgan fingerprint density at radius 3 is 2.75 bits per heavy atom. The van der Waals surface area contributed by atoms with Crippen LogP contribution in [0.3, 0.4) is 0 Å². The average molecular weight is 370 g/mol. The first kappa shape index (κ1) is 17.6. The summed E-state index contributed by atoms with van der Waals surface area (Å²) in [5.74, 6) is 0.985. The fourth-order valence-corrected chi connectivity index (χ4v) is 2.95. The summed E-state index contributed by atoms with van der Waals surface area (Å²) < 4.78 is 4.79. The number of carbonyl (C=O) groups is 1. The van der Waals surface area contributed by atoms with Crippen molar-refractivity contribution in [3.63, 3.8) is 0 Å². The monoisotopic (exact) mass is 370 g/mol. The lowest BCUT2D eigenvalue weighted by molar-refractivity contribution is 0.0600. The SMILES string of the molecule is COC(=O)c1cccc(CNc2nc(-c3cccnc3)nc3ccccc23)c1. The molecule has 0 bridgehead atoms. The molecule has 0 spiro atoms. The first-order chi connectivity index (χ1) is 13.7. The predicted molar refractivity (Wildman–Crippen MR) is 108 cm³/mol. The van der Waals surface area contributed by atoms with Crippen molar-refractivity contribution in [1.82, 2.24) is 15.0 Å². The molecule has 1 N–H and O–H groups in total. The number of hydrogen-bond acceptors (Lipinski definition) is 6. The number of fused-ring (bicyclic) bond motifs is 1. The highest BCUT2D eigenvalue weighted by molar-refractivity contribution is 5.91. The minimum atomic E-state index is -0.354. The Hall–Kier alpha value is -3.80. The third-order valence-corrected chi connectivity index (χ3v) is 4.33. The number of nitrogens with zero attached hydrogens (tertiary/aromatic N) is 3. The molecule has 0 unspecified atom stereocenters. The summed E-state index contributed by atoms with van der Waals surface area (Å²) in [7, 11) is 1.38. The summed E-state index contributed by atoms with van der Waals surface area (Å²) in [6.07, 6.45) is 3.46. The Morgan fingerprint density at radius 2 is 1.93 bits per heavy atom. The lowest BCUT2D eigenvalue weighted by atomic mass is 10.1. The summed E-state index contributed by atoms with van der Waals surface area (Å²) in [6, 6.07) is 19.0. The van der Waals surface area contributed by atoms with Crippen molar-refractivity contribution in [2.24, 2.45) is 0 Å². The van der Waals surface area contributed by atoms with Crippen molar-refractivity contribution in [3.8, 4) is 11.4 Å². The summed E-state index contributed by atoms with van der Waals surface area (Å²) >= 11 is 0. The van der Waals surface area contributed by atoms with Crippen LogP contribution < -0.4 is 5.32 Å². The van der Waals surface area contributed by atoms with Crippen LogP contribution in [0.25, 0.3) is 22.3 Å². The minimum Gasteiger partial charge on any atom is -0.465 e. The van der Waals surface area contributed by atoms with Gasteiger partial charge in [0.1, 0.15) is 5.82 Å². The van der Waals surface area contributed by atoms with E-state index in [1.165, 1.54) is 7.11 Å². The van der Waals surface area contributed by atoms with Gasteiger partial charge in [0.15, 0.2) is 5.82 Å². The molecule has 0 aliphatic carbocycles. The van der Waals surface area contributed by atoms with Gasteiger partial charge in [-0.25, -0.2) is 14.8 Å². The van der Waals surface area contributed by atoms with Gasteiger partial charge < -0.3 is 10.1 Å². The second-order valence-electron chi connectivity index (χ2n) is 6.20. The molecule has 2 aromatic carbocycles. The van der Waals surface area contributed by atoms with E-state index in [9.17, 15) is 4.79 Å².